The molecule has 6 heteroatoms. The Morgan fingerprint density at radius 2 is 2.10 bits per heavy atom. The molecule has 2 aromatic heterocycles. The minimum absolute atomic E-state index is 0.611. The minimum atomic E-state index is 0.611. The van der Waals surface area contributed by atoms with E-state index in [1.165, 1.54) is 25.7 Å². The first-order valence-corrected chi connectivity index (χ1v) is 7.91. The summed E-state index contributed by atoms with van der Waals surface area (Å²) in [4.78, 5) is 12.8. The molecule has 0 atom stereocenters. The van der Waals surface area contributed by atoms with Crippen LogP contribution in [0.2, 0.25) is 0 Å². The monoisotopic (exact) mass is 289 g/mol. The molecular formula is C14H19N5S. The molecule has 2 N–H and O–H groups in total. The van der Waals surface area contributed by atoms with Crippen LogP contribution >= 0.6 is 12.2 Å². The number of aromatic nitrogens is 4. The lowest BCUT2D eigenvalue weighted by molar-refractivity contribution is 0.621. The highest BCUT2D eigenvalue weighted by Gasteiger charge is 2.29. The topological polar surface area (TPSA) is 58.5 Å². The second-order valence-electron chi connectivity index (χ2n) is 5.92. The van der Waals surface area contributed by atoms with Crippen LogP contribution in [-0.2, 0) is 6.54 Å². The average Bonchev–Trinajstić information content (AvgIpc) is 3.34. The molecular weight excluding hydrogens is 270 g/mol. The van der Waals surface area contributed by atoms with E-state index in [9.17, 15) is 0 Å². The first-order valence-electron chi connectivity index (χ1n) is 7.50. The Hall–Kier alpha value is -1.43. The third-order valence-electron chi connectivity index (χ3n) is 4.08. The number of nitrogens with zero attached hydrogens (tertiary/aromatic N) is 3. The highest BCUT2D eigenvalue weighted by molar-refractivity contribution is 7.71. The van der Waals surface area contributed by atoms with Gasteiger partial charge in [-0.15, -0.1) is 0 Å². The molecule has 0 amide bonds. The Bertz CT molecular complexity index is 708. The van der Waals surface area contributed by atoms with Crippen molar-refractivity contribution in [2.24, 2.45) is 5.92 Å². The fourth-order valence-corrected chi connectivity index (χ4v) is 2.87. The SMILES string of the molecule is CCNc1nc(=S)n(CC2CC2)c2nc(C3CC3)[nH]c12. The third-order valence-corrected chi connectivity index (χ3v) is 4.39. The molecule has 0 aliphatic heterocycles. The van der Waals surface area contributed by atoms with E-state index in [0.717, 1.165) is 41.8 Å². The molecule has 20 heavy (non-hydrogen) atoms. The van der Waals surface area contributed by atoms with Crippen LogP contribution in [0.1, 0.15) is 44.3 Å². The summed E-state index contributed by atoms with van der Waals surface area (Å²) in [6.07, 6.45) is 5.09. The van der Waals surface area contributed by atoms with E-state index in [4.69, 9.17) is 17.2 Å². The summed E-state index contributed by atoms with van der Waals surface area (Å²) in [7, 11) is 0. The largest absolute Gasteiger partial charge is 0.368 e. The number of hydrogen-bond acceptors (Lipinski definition) is 4. The molecule has 2 aliphatic carbocycles. The van der Waals surface area contributed by atoms with Crippen molar-refractivity contribution in [3.8, 4) is 0 Å². The number of hydrogen-bond donors (Lipinski definition) is 2. The Balaban J connectivity index is 1.88. The van der Waals surface area contributed by atoms with Crippen LogP contribution in [0.3, 0.4) is 0 Å². The smallest absolute Gasteiger partial charge is 0.203 e. The van der Waals surface area contributed by atoms with Crippen LogP contribution in [0.5, 0.6) is 0 Å². The Kier molecular flexibility index (Phi) is 2.80. The molecule has 0 aromatic carbocycles. The maximum atomic E-state index is 5.48. The summed E-state index contributed by atoms with van der Waals surface area (Å²) in [5.74, 6) is 3.32. The van der Waals surface area contributed by atoms with Gasteiger partial charge in [0.15, 0.2) is 11.5 Å². The number of rotatable bonds is 5. The van der Waals surface area contributed by atoms with Gasteiger partial charge in [-0.3, -0.25) is 4.57 Å². The van der Waals surface area contributed by atoms with E-state index in [1.807, 2.05) is 0 Å². The van der Waals surface area contributed by atoms with Gasteiger partial charge in [-0.2, -0.15) is 0 Å². The maximum Gasteiger partial charge on any atom is 0.203 e. The zero-order valence-corrected chi connectivity index (χ0v) is 12.5. The molecule has 2 aliphatic rings. The van der Waals surface area contributed by atoms with Crippen LogP contribution < -0.4 is 5.32 Å². The molecule has 0 unspecified atom stereocenters. The number of aromatic amines is 1. The zero-order valence-electron chi connectivity index (χ0n) is 11.6. The first-order chi connectivity index (χ1) is 9.76. The van der Waals surface area contributed by atoms with Crippen LogP contribution in [0.25, 0.3) is 11.2 Å². The van der Waals surface area contributed by atoms with Gasteiger partial charge in [0.2, 0.25) is 4.77 Å². The molecule has 0 saturated heterocycles. The lowest BCUT2D eigenvalue weighted by Crippen LogP contribution is -2.09. The van der Waals surface area contributed by atoms with Crippen LogP contribution in [0, 0.1) is 10.7 Å². The minimum Gasteiger partial charge on any atom is -0.368 e. The molecule has 0 spiro atoms. The fourth-order valence-electron chi connectivity index (χ4n) is 2.61. The van der Waals surface area contributed by atoms with Crippen molar-refractivity contribution >= 4 is 29.2 Å². The summed E-state index contributed by atoms with van der Waals surface area (Å²) < 4.78 is 2.76. The normalized spacial score (nSPS) is 18.6. The standard InChI is InChI=1S/C14H19N5S/c1-2-15-12-10-13(17-11(16-10)9-5-6-9)19(14(20)18-12)7-8-3-4-8/h8-9H,2-7H2,1H3,(H,16,17)(H,15,18,20). The van der Waals surface area contributed by atoms with Crippen molar-refractivity contribution in [1.29, 1.82) is 0 Å². The molecule has 2 saturated carbocycles. The van der Waals surface area contributed by atoms with Crippen molar-refractivity contribution in [1.82, 2.24) is 19.5 Å². The summed E-state index contributed by atoms with van der Waals surface area (Å²) in [5, 5.41) is 3.30. The second kappa shape index (κ2) is 4.55. The molecule has 0 radical (unpaired) electrons. The van der Waals surface area contributed by atoms with Crippen molar-refractivity contribution < 1.29 is 0 Å². The van der Waals surface area contributed by atoms with Crippen LogP contribution in [-0.4, -0.2) is 26.1 Å². The van der Waals surface area contributed by atoms with Crippen molar-refractivity contribution in [2.75, 3.05) is 11.9 Å². The van der Waals surface area contributed by atoms with Gasteiger partial charge in [-0.1, -0.05) is 0 Å². The van der Waals surface area contributed by atoms with Gasteiger partial charge in [0.25, 0.3) is 0 Å². The van der Waals surface area contributed by atoms with Crippen molar-refractivity contribution in [3.05, 3.63) is 10.6 Å². The molecule has 4 rings (SSSR count). The summed E-state index contributed by atoms with van der Waals surface area (Å²) in [6, 6.07) is 0. The van der Waals surface area contributed by atoms with Crippen LogP contribution in [0.4, 0.5) is 5.82 Å². The predicted octanol–water partition coefficient (Wildman–Crippen LogP) is 3.21. The fraction of sp³-hybridized carbons (Fsp3) is 0.643. The lowest BCUT2D eigenvalue weighted by atomic mass is 10.4. The first kappa shape index (κ1) is 12.3. The Labute approximate surface area is 122 Å². The van der Waals surface area contributed by atoms with Gasteiger partial charge >= 0.3 is 0 Å². The molecule has 106 valence electrons. The molecule has 2 fully saturated rings. The summed E-state index contributed by atoms with van der Waals surface area (Å²) in [5.41, 5.74) is 2.00. The van der Waals surface area contributed by atoms with Gasteiger partial charge in [-0.05, 0) is 50.7 Å². The number of imidazole rings is 1. The molecule has 0 bridgehead atoms. The van der Waals surface area contributed by atoms with Gasteiger partial charge in [0.1, 0.15) is 11.3 Å². The summed E-state index contributed by atoms with van der Waals surface area (Å²) >= 11 is 5.48. The van der Waals surface area contributed by atoms with E-state index in [0.29, 0.717) is 10.7 Å². The highest BCUT2D eigenvalue weighted by Crippen LogP contribution is 2.40. The molecule has 2 aromatic rings. The quantitative estimate of drug-likeness (QED) is 0.830. The lowest BCUT2D eigenvalue weighted by Gasteiger charge is -2.09. The number of fused-ring (bicyclic) bond motifs is 1. The summed E-state index contributed by atoms with van der Waals surface area (Å²) in [6.45, 7) is 3.87. The van der Waals surface area contributed by atoms with Crippen molar-refractivity contribution in [3.63, 3.8) is 0 Å². The Morgan fingerprint density at radius 1 is 1.30 bits per heavy atom. The van der Waals surface area contributed by atoms with Gasteiger partial charge in [0.05, 0.1) is 0 Å². The maximum absolute atomic E-state index is 5.48. The van der Waals surface area contributed by atoms with Gasteiger partial charge in [-0.25, -0.2) is 9.97 Å². The van der Waals surface area contributed by atoms with Gasteiger partial charge < -0.3 is 10.3 Å². The highest BCUT2D eigenvalue weighted by atomic mass is 32.1. The number of H-pyrrole nitrogens is 1. The Morgan fingerprint density at radius 3 is 2.75 bits per heavy atom. The van der Waals surface area contributed by atoms with E-state index in [-0.39, 0.29) is 0 Å². The number of anilines is 1. The number of nitrogens with one attached hydrogen (secondary N) is 2. The second-order valence-corrected chi connectivity index (χ2v) is 6.29. The van der Waals surface area contributed by atoms with E-state index in [2.05, 4.69) is 26.8 Å². The van der Waals surface area contributed by atoms with Crippen molar-refractivity contribution in [2.45, 2.75) is 45.1 Å². The van der Waals surface area contributed by atoms with E-state index >= 15 is 0 Å². The van der Waals surface area contributed by atoms with E-state index < -0.39 is 0 Å². The average molecular weight is 289 g/mol. The van der Waals surface area contributed by atoms with Gasteiger partial charge in [0, 0.05) is 19.0 Å². The van der Waals surface area contributed by atoms with Crippen LogP contribution in [0.15, 0.2) is 0 Å². The zero-order chi connectivity index (χ0) is 13.7. The third kappa shape index (κ3) is 2.12. The predicted molar refractivity (Wildman–Crippen MR) is 81.6 cm³/mol. The molecule has 5 nitrogen and oxygen atoms in total. The molecule has 2 heterocycles. The van der Waals surface area contributed by atoms with E-state index in [1.54, 1.807) is 0 Å².